The molecule has 0 aromatic heterocycles. The maximum Gasteiger partial charge on any atom is 0.306 e. The summed E-state index contributed by atoms with van der Waals surface area (Å²) in [6, 6.07) is 0. The molecule has 0 heterocycles. The van der Waals surface area contributed by atoms with Crippen LogP contribution in [0.1, 0.15) is 342 Å². The zero-order valence-corrected chi connectivity index (χ0v) is 46.6. The quantitative estimate of drug-likeness (QED) is 0.0261. The van der Waals surface area contributed by atoms with Crippen molar-refractivity contribution < 1.29 is 28.6 Å². The fourth-order valence-corrected chi connectivity index (χ4v) is 9.25. The highest BCUT2D eigenvalue weighted by molar-refractivity contribution is 5.71. The van der Waals surface area contributed by atoms with Gasteiger partial charge in [0.15, 0.2) is 6.10 Å². The third kappa shape index (κ3) is 56.7. The van der Waals surface area contributed by atoms with Crippen LogP contribution in [-0.2, 0) is 28.6 Å². The number of esters is 3. The van der Waals surface area contributed by atoms with Gasteiger partial charge in [-0.15, -0.1) is 0 Å². The van der Waals surface area contributed by atoms with Crippen molar-refractivity contribution in [3.63, 3.8) is 0 Å². The van der Waals surface area contributed by atoms with Crippen LogP contribution in [0.4, 0.5) is 0 Å². The average Bonchev–Trinajstić information content (AvgIpc) is 3.35. The molecule has 0 aliphatic rings. The van der Waals surface area contributed by atoms with Gasteiger partial charge in [-0.25, -0.2) is 0 Å². The Morgan fingerprint density at radius 1 is 0.275 bits per heavy atom. The second-order valence-corrected chi connectivity index (χ2v) is 21.0. The van der Waals surface area contributed by atoms with E-state index in [1.54, 1.807) is 0 Å². The van der Waals surface area contributed by atoms with Crippen LogP contribution >= 0.6 is 0 Å². The molecule has 0 aliphatic carbocycles. The molecule has 0 bridgehead atoms. The molecule has 0 rings (SSSR count). The van der Waals surface area contributed by atoms with E-state index in [-0.39, 0.29) is 31.1 Å². The molecule has 1 atom stereocenters. The van der Waals surface area contributed by atoms with E-state index in [2.05, 4.69) is 45.1 Å². The fraction of sp³-hybridized carbons (Fsp3) is 0.889. The highest BCUT2D eigenvalue weighted by Crippen LogP contribution is 2.18. The minimum atomic E-state index is -0.775. The van der Waals surface area contributed by atoms with Crippen LogP contribution in [0.5, 0.6) is 0 Å². The van der Waals surface area contributed by atoms with Crippen molar-refractivity contribution in [2.75, 3.05) is 13.2 Å². The predicted molar refractivity (Wildman–Crippen MR) is 298 cm³/mol. The lowest BCUT2D eigenvalue weighted by Gasteiger charge is -2.18. The van der Waals surface area contributed by atoms with Crippen LogP contribution in [0, 0.1) is 0 Å². The SMILES string of the molecule is CCCC/C=C\CCCCCCCC(=O)OCC(COC(=O)CCCCCCCCCCCCCCCCCCCCCCCCCCCC)OC(=O)CCCCCCC/C=C\CCCCCCC. The molecule has 6 heteroatoms. The molecular formula is C63H118O6. The lowest BCUT2D eigenvalue weighted by atomic mass is 10.0. The Morgan fingerprint density at radius 3 is 0.768 bits per heavy atom. The maximum atomic E-state index is 12.8. The van der Waals surface area contributed by atoms with E-state index in [0.717, 1.165) is 70.6 Å². The zero-order chi connectivity index (χ0) is 50.0. The molecule has 0 aromatic carbocycles. The predicted octanol–water partition coefficient (Wildman–Crippen LogP) is 20.7. The molecule has 0 aromatic rings. The Balaban J connectivity index is 4.15. The molecule has 0 amide bonds. The van der Waals surface area contributed by atoms with E-state index >= 15 is 0 Å². The van der Waals surface area contributed by atoms with E-state index < -0.39 is 6.10 Å². The standard InChI is InChI=1S/C63H118O6/c1-4-7-10-13-16-19-22-24-26-27-28-29-30-31-32-33-34-35-36-37-39-41-44-47-50-53-56-62(65)68-59-60(58-67-61(64)55-52-49-46-43-40-21-18-15-12-9-6-3)69-63(66)57-54-51-48-45-42-38-25-23-20-17-14-11-8-5-2/h15,18,23,25,60H,4-14,16-17,19-22,24,26-59H2,1-3H3/b18-15-,25-23-. The van der Waals surface area contributed by atoms with E-state index in [0.29, 0.717) is 19.3 Å². The number of carbonyl (C=O) groups is 3. The monoisotopic (exact) mass is 971 g/mol. The molecule has 0 fully saturated rings. The Bertz CT molecular complexity index is 1110. The van der Waals surface area contributed by atoms with Gasteiger partial charge in [-0.1, -0.05) is 283 Å². The van der Waals surface area contributed by atoms with E-state index in [4.69, 9.17) is 14.2 Å². The summed E-state index contributed by atoms with van der Waals surface area (Å²) in [7, 11) is 0. The summed E-state index contributed by atoms with van der Waals surface area (Å²) in [4.78, 5) is 38.1. The Kier molecular flexibility index (Phi) is 56.7. The molecule has 6 nitrogen and oxygen atoms in total. The molecule has 0 saturated carbocycles. The van der Waals surface area contributed by atoms with Crippen molar-refractivity contribution in [2.45, 2.75) is 348 Å². The minimum Gasteiger partial charge on any atom is -0.462 e. The topological polar surface area (TPSA) is 78.9 Å². The first-order valence-electron chi connectivity index (χ1n) is 30.8. The third-order valence-corrected chi connectivity index (χ3v) is 13.9. The van der Waals surface area contributed by atoms with Crippen molar-refractivity contribution in [2.24, 2.45) is 0 Å². The van der Waals surface area contributed by atoms with Gasteiger partial charge in [-0.05, 0) is 64.2 Å². The summed E-state index contributed by atoms with van der Waals surface area (Å²) in [5.74, 6) is -0.872. The van der Waals surface area contributed by atoms with E-state index in [9.17, 15) is 14.4 Å². The number of hydrogen-bond donors (Lipinski definition) is 0. The molecule has 406 valence electrons. The Labute approximate surface area is 430 Å². The number of allylic oxidation sites excluding steroid dienone is 4. The van der Waals surface area contributed by atoms with Gasteiger partial charge in [0.1, 0.15) is 13.2 Å². The van der Waals surface area contributed by atoms with Crippen molar-refractivity contribution in [3.05, 3.63) is 24.3 Å². The van der Waals surface area contributed by atoms with Gasteiger partial charge in [0.2, 0.25) is 0 Å². The molecule has 0 saturated heterocycles. The molecule has 69 heavy (non-hydrogen) atoms. The van der Waals surface area contributed by atoms with Gasteiger partial charge in [0, 0.05) is 19.3 Å². The third-order valence-electron chi connectivity index (χ3n) is 13.9. The summed E-state index contributed by atoms with van der Waals surface area (Å²) in [6.07, 6.45) is 69.1. The Hall–Kier alpha value is -2.11. The smallest absolute Gasteiger partial charge is 0.306 e. The van der Waals surface area contributed by atoms with Crippen molar-refractivity contribution in [1.29, 1.82) is 0 Å². The largest absolute Gasteiger partial charge is 0.462 e. The van der Waals surface area contributed by atoms with Gasteiger partial charge in [0.25, 0.3) is 0 Å². The number of rotatable bonds is 57. The van der Waals surface area contributed by atoms with Crippen LogP contribution < -0.4 is 0 Å². The number of carbonyl (C=O) groups excluding carboxylic acids is 3. The average molecular weight is 972 g/mol. The maximum absolute atomic E-state index is 12.8. The van der Waals surface area contributed by atoms with Crippen LogP contribution in [0.25, 0.3) is 0 Å². The highest BCUT2D eigenvalue weighted by atomic mass is 16.6. The number of hydrogen-bond acceptors (Lipinski definition) is 6. The van der Waals surface area contributed by atoms with Gasteiger partial charge in [0.05, 0.1) is 0 Å². The van der Waals surface area contributed by atoms with Crippen molar-refractivity contribution in [1.82, 2.24) is 0 Å². The molecule has 0 N–H and O–H groups in total. The minimum absolute atomic E-state index is 0.0729. The molecular weight excluding hydrogens is 853 g/mol. The lowest BCUT2D eigenvalue weighted by molar-refractivity contribution is -0.167. The first-order chi connectivity index (χ1) is 34.0. The first kappa shape index (κ1) is 66.9. The number of ether oxygens (including phenoxy) is 3. The van der Waals surface area contributed by atoms with Gasteiger partial charge < -0.3 is 14.2 Å². The zero-order valence-electron chi connectivity index (χ0n) is 46.6. The molecule has 1 unspecified atom stereocenters. The summed E-state index contributed by atoms with van der Waals surface area (Å²) >= 11 is 0. The second-order valence-electron chi connectivity index (χ2n) is 21.0. The van der Waals surface area contributed by atoms with Gasteiger partial charge >= 0.3 is 17.9 Å². The van der Waals surface area contributed by atoms with Crippen LogP contribution in [0.2, 0.25) is 0 Å². The fourth-order valence-electron chi connectivity index (χ4n) is 9.25. The number of unbranched alkanes of at least 4 members (excludes halogenated alkanes) is 42. The summed E-state index contributed by atoms with van der Waals surface area (Å²) < 4.78 is 16.9. The summed E-state index contributed by atoms with van der Waals surface area (Å²) in [6.45, 7) is 6.63. The van der Waals surface area contributed by atoms with Crippen LogP contribution in [-0.4, -0.2) is 37.2 Å². The lowest BCUT2D eigenvalue weighted by Crippen LogP contribution is -2.30. The summed E-state index contributed by atoms with van der Waals surface area (Å²) in [5.41, 5.74) is 0. The van der Waals surface area contributed by atoms with Crippen LogP contribution in [0.3, 0.4) is 0 Å². The van der Waals surface area contributed by atoms with E-state index in [1.807, 2.05) is 0 Å². The van der Waals surface area contributed by atoms with E-state index in [1.165, 1.54) is 231 Å². The first-order valence-corrected chi connectivity index (χ1v) is 30.8. The molecule has 0 aliphatic heterocycles. The summed E-state index contributed by atoms with van der Waals surface area (Å²) in [5, 5.41) is 0. The second kappa shape index (κ2) is 58.5. The van der Waals surface area contributed by atoms with Crippen molar-refractivity contribution in [3.8, 4) is 0 Å². The van der Waals surface area contributed by atoms with Gasteiger partial charge in [-0.2, -0.15) is 0 Å². The molecule has 0 radical (unpaired) electrons. The molecule has 0 spiro atoms. The Morgan fingerprint density at radius 2 is 0.493 bits per heavy atom. The normalized spacial score (nSPS) is 12.1. The van der Waals surface area contributed by atoms with Gasteiger partial charge in [-0.3, -0.25) is 14.4 Å². The van der Waals surface area contributed by atoms with Crippen LogP contribution in [0.15, 0.2) is 24.3 Å². The highest BCUT2D eigenvalue weighted by Gasteiger charge is 2.19. The van der Waals surface area contributed by atoms with Crippen molar-refractivity contribution >= 4 is 17.9 Å².